The molecule has 0 spiro atoms. The molecule has 2 aromatic rings. The van der Waals surface area contributed by atoms with Gasteiger partial charge in [0.05, 0.1) is 5.02 Å². The van der Waals surface area contributed by atoms with Crippen LogP contribution in [0.4, 0.5) is 8.78 Å². The van der Waals surface area contributed by atoms with Crippen molar-refractivity contribution in [2.24, 2.45) is 10.4 Å². The molecule has 194 valence electrons. The second kappa shape index (κ2) is 11.5. The summed E-state index contributed by atoms with van der Waals surface area (Å²) in [7, 11) is 3.87. The number of benzene rings is 2. The SMILES string of the molecule is CCC1(C(CC(N=C(NC(=O)c2ccc(Cl)c(F)c2)NC(C)C)N(C)C)c2ccc(F)cc2)C=C1C. The van der Waals surface area contributed by atoms with Crippen LogP contribution >= 0.6 is 11.6 Å². The van der Waals surface area contributed by atoms with Crippen LogP contribution in [0.15, 0.2) is 59.1 Å². The van der Waals surface area contributed by atoms with Gasteiger partial charge in [-0.15, -0.1) is 0 Å². The van der Waals surface area contributed by atoms with Crippen LogP contribution in [-0.4, -0.2) is 43.1 Å². The van der Waals surface area contributed by atoms with Crippen molar-refractivity contribution in [3.05, 3.63) is 81.9 Å². The molecule has 5 nitrogen and oxygen atoms in total. The van der Waals surface area contributed by atoms with Crippen LogP contribution in [0.2, 0.25) is 5.02 Å². The lowest BCUT2D eigenvalue weighted by Crippen LogP contribution is -2.46. The van der Waals surface area contributed by atoms with Crippen LogP contribution in [0, 0.1) is 17.0 Å². The zero-order valence-corrected chi connectivity index (χ0v) is 22.5. The molecule has 3 unspecified atom stereocenters. The molecule has 1 amide bonds. The molecular formula is C28H35ClF2N4O. The molecule has 0 heterocycles. The molecule has 0 aromatic heterocycles. The van der Waals surface area contributed by atoms with Crippen LogP contribution in [-0.2, 0) is 0 Å². The van der Waals surface area contributed by atoms with E-state index < -0.39 is 11.7 Å². The molecule has 0 aliphatic heterocycles. The van der Waals surface area contributed by atoms with E-state index in [9.17, 15) is 13.6 Å². The molecule has 0 saturated heterocycles. The van der Waals surface area contributed by atoms with Gasteiger partial charge in [0, 0.05) is 22.9 Å². The highest BCUT2D eigenvalue weighted by Crippen LogP contribution is 2.58. The molecular weight excluding hydrogens is 482 g/mol. The van der Waals surface area contributed by atoms with E-state index in [4.69, 9.17) is 16.6 Å². The molecule has 1 aliphatic rings. The molecule has 1 aliphatic carbocycles. The van der Waals surface area contributed by atoms with Gasteiger partial charge in [0.15, 0.2) is 5.96 Å². The van der Waals surface area contributed by atoms with E-state index in [1.165, 1.54) is 29.8 Å². The summed E-state index contributed by atoms with van der Waals surface area (Å²) in [5, 5.41) is 5.95. The highest BCUT2D eigenvalue weighted by Gasteiger charge is 2.47. The minimum absolute atomic E-state index is 0.00367. The number of carbonyl (C=O) groups excluding carboxylic acids is 1. The van der Waals surface area contributed by atoms with E-state index in [0.29, 0.717) is 12.4 Å². The minimum Gasteiger partial charge on any atom is -0.354 e. The fourth-order valence-corrected chi connectivity index (χ4v) is 4.74. The largest absolute Gasteiger partial charge is 0.354 e. The van der Waals surface area contributed by atoms with Crippen molar-refractivity contribution in [2.45, 2.75) is 58.7 Å². The Morgan fingerprint density at radius 2 is 1.78 bits per heavy atom. The Morgan fingerprint density at radius 3 is 2.28 bits per heavy atom. The van der Waals surface area contributed by atoms with Gasteiger partial charge in [-0.05, 0) is 83.6 Å². The number of allylic oxidation sites excluding steroid dienone is 2. The maximum atomic E-state index is 13.9. The Morgan fingerprint density at radius 1 is 1.14 bits per heavy atom. The van der Waals surface area contributed by atoms with Gasteiger partial charge in [0.1, 0.15) is 17.8 Å². The zero-order valence-electron chi connectivity index (χ0n) is 21.7. The summed E-state index contributed by atoms with van der Waals surface area (Å²) >= 11 is 5.76. The number of rotatable bonds is 9. The van der Waals surface area contributed by atoms with Gasteiger partial charge in [0.25, 0.3) is 5.91 Å². The molecule has 0 bridgehead atoms. The van der Waals surface area contributed by atoms with Crippen LogP contribution in [0.3, 0.4) is 0 Å². The maximum absolute atomic E-state index is 13.9. The second-order valence-electron chi connectivity index (χ2n) is 9.87. The first kappa shape index (κ1) is 27.8. The summed E-state index contributed by atoms with van der Waals surface area (Å²) < 4.78 is 27.6. The maximum Gasteiger partial charge on any atom is 0.258 e. The van der Waals surface area contributed by atoms with Gasteiger partial charge >= 0.3 is 0 Å². The van der Waals surface area contributed by atoms with Crippen LogP contribution < -0.4 is 10.6 Å². The number of hydrogen-bond donors (Lipinski definition) is 2. The van der Waals surface area contributed by atoms with Crippen molar-refractivity contribution in [3.8, 4) is 0 Å². The summed E-state index contributed by atoms with van der Waals surface area (Å²) in [5.41, 5.74) is 2.44. The van der Waals surface area contributed by atoms with E-state index >= 15 is 0 Å². The Kier molecular flexibility index (Phi) is 8.90. The monoisotopic (exact) mass is 516 g/mol. The van der Waals surface area contributed by atoms with Gasteiger partial charge in [-0.1, -0.05) is 42.3 Å². The van der Waals surface area contributed by atoms with E-state index in [0.717, 1.165) is 18.1 Å². The Labute approximate surface area is 217 Å². The third-order valence-corrected chi connectivity index (χ3v) is 7.07. The van der Waals surface area contributed by atoms with Crippen molar-refractivity contribution in [1.29, 1.82) is 0 Å². The van der Waals surface area contributed by atoms with Gasteiger partial charge in [-0.2, -0.15) is 0 Å². The zero-order chi connectivity index (χ0) is 26.6. The standard InChI is InChI=1S/C28H35ClF2N4O/c1-7-28(16-18(28)4)22(19-8-11-21(30)12-9-19)15-25(35(5)6)33-27(32-17(2)3)34-26(36)20-10-13-23(29)24(31)14-20/h8-14,16-17,22,25H,7,15H2,1-6H3,(H2,32,33,34,36). The molecule has 8 heteroatoms. The minimum atomic E-state index is -0.662. The lowest BCUT2D eigenvalue weighted by Gasteiger charge is -2.33. The molecule has 3 rings (SSSR count). The third kappa shape index (κ3) is 6.51. The molecule has 0 fully saturated rings. The molecule has 2 aromatic carbocycles. The van der Waals surface area contributed by atoms with E-state index in [1.807, 2.05) is 45.0 Å². The molecule has 0 radical (unpaired) electrons. The first-order valence-corrected chi connectivity index (χ1v) is 12.6. The lowest BCUT2D eigenvalue weighted by atomic mass is 9.75. The number of amides is 1. The normalized spacial score (nSPS) is 19.2. The summed E-state index contributed by atoms with van der Waals surface area (Å²) in [5.74, 6) is -1.04. The Hall–Kier alpha value is -2.77. The average molecular weight is 517 g/mol. The van der Waals surface area contributed by atoms with Crippen molar-refractivity contribution in [2.75, 3.05) is 14.1 Å². The number of hydrogen-bond acceptors (Lipinski definition) is 3. The van der Waals surface area contributed by atoms with Crippen LogP contribution in [0.5, 0.6) is 0 Å². The molecule has 3 atom stereocenters. The molecule has 2 N–H and O–H groups in total. The van der Waals surface area contributed by atoms with Gasteiger partial charge in [-0.25, -0.2) is 13.8 Å². The van der Waals surface area contributed by atoms with Crippen LogP contribution in [0.1, 0.15) is 62.4 Å². The summed E-state index contributed by atoms with van der Waals surface area (Å²) in [6.07, 6.45) is 3.56. The highest BCUT2D eigenvalue weighted by molar-refractivity contribution is 6.30. The number of carbonyl (C=O) groups is 1. The first-order valence-electron chi connectivity index (χ1n) is 12.2. The van der Waals surface area contributed by atoms with Crippen molar-refractivity contribution >= 4 is 23.5 Å². The van der Waals surface area contributed by atoms with Crippen molar-refractivity contribution in [1.82, 2.24) is 15.5 Å². The van der Waals surface area contributed by atoms with Crippen molar-refractivity contribution < 1.29 is 13.6 Å². The molecule has 36 heavy (non-hydrogen) atoms. The Bertz CT molecular complexity index is 1150. The molecule has 0 saturated carbocycles. The third-order valence-electron chi connectivity index (χ3n) is 6.76. The lowest BCUT2D eigenvalue weighted by molar-refractivity contribution is 0.0974. The number of aliphatic imine (C=N–C) groups is 1. The highest BCUT2D eigenvalue weighted by atomic mass is 35.5. The van der Waals surface area contributed by atoms with E-state index in [-0.39, 0.29) is 39.9 Å². The number of guanidine groups is 1. The summed E-state index contributed by atoms with van der Waals surface area (Å²) in [6.45, 7) is 8.18. The first-order chi connectivity index (χ1) is 17.0. The van der Waals surface area contributed by atoms with E-state index in [2.05, 4.69) is 30.6 Å². The fourth-order valence-electron chi connectivity index (χ4n) is 4.63. The van der Waals surface area contributed by atoms with Gasteiger partial charge in [0.2, 0.25) is 0 Å². The van der Waals surface area contributed by atoms with Gasteiger partial charge in [-0.3, -0.25) is 15.0 Å². The van der Waals surface area contributed by atoms with Crippen LogP contribution in [0.25, 0.3) is 0 Å². The topological polar surface area (TPSA) is 56.7 Å². The smallest absolute Gasteiger partial charge is 0.258 e. The van der Waals surface area contributed by atoms with E-state index in [1.54, 1.807) is 0 Å². The average Bonchev–Trinajstić information content (AvgIpc) is 3.48. The van der Waals surface area contributed by atoms with Gasteiger partial charge < -0.3 is 5.32 Å². The quantitative estimate of drug-likeness (QED) is 0.240. The second-order valence-corrected chi connectivity index (χ2v) is 10.3. The Balaban J connectivity index is 1.92. The van der Waals surface area contributed by atoms with Crippen molar-refractivity contribution in [3.63, 3.8) is 0 Å². The predicted octanol–water partition coefficient (Wildman–Crippen LogP) is 6.12. The number of halogens is 3. The number of nitrogens with zero attached hydrogens (tertiary/aromatic N) is 2. The fraction of sp³-hybridized carbons (Fsp3) is 0.429. The number of nitrogens with one attached hydrogen (secondary N) is 2. The predicted molar refractivity (Wildman–Crippen MR) is 142 cm³/mol. The summed E-state index contributed by atoms with van der Waals surface area (Å²) in [4.78, 5) is 19.8. The summed E-state index contributed by atoms with van der Waals surface area (Å²) in [6, 6.07) is 10.6.